The third kappa shape index (κ3) is 2.63. The minimum absolute atomic E-state index is 0.0965. The van der Waals surface area contributed by atoms with E-state index in [4.69, 9.17) is 0 Å². The number of nitrogens with one attached hydrogen (secondary N) is 1. The predicted octanol–water partition coefficient (Wildman–Crippen LogP) is 2.08. The fourth-order valence-corrected chi connectivity index (χ4v) is 1.91. The molecule has 0 aromatic carbocycles. The molecule has 1 fully saturated rings. The van der Waals surface area contributed by atoms with Gasteiger partial charge in [0.05, 0.1) is 0 Å². The Bertz CT molecular complexity index is 208. The first-order valence-corrected chi connectivity index (χ1v) is 5.48. The zero-order valence-corrected chi connectivity index (χ0v) is 9.76. The Hall–Kier alpha value is -0.730. The van der Waals surface area contributed by atoms with E-state index in [1.54, 1.807) is 0 Å². The molecule has 3 heteroatoms. The van der Waals surface area contributed by atoms with E-state index < -0.39 is 0 Å². The summed E-state index contributed by atoms with van der Waals surface area (Å²) < 4.78 is 0. The number of nitrogens with zero attached hydrogens (tertiary/aromatic N) is 1. The van der Waals surface area contributed by atoms with Gasteiger partial charge in [-0.2, -0.15) is 0 Å². The summed E-state index contributed by atoms with van der Waals surface area (Å²) in [6.07, 6.45) is 1.14. The summed E-state index contributed by atoms with van der Waals surface area (Å²) in [6, 6.07) is 0.0965. The minimum Gasteiger partial charge on any atom is -0.338 e. The molecular weight excluding hydrogens is 176 g/mol. The van der Waals surface area contributed by atoms with Crippen molar-refractivity contribution in [3.05, 3.63) is 0 Å². The highest BCUT2D eigenvalue weighted by molar-refractivity contribution is 5.74. The smallest absolute Gasteiger partial charge is 0.317 e. The molecule has 14 heavy (non-hydrogen) atoms. The second-order valence-corrected chi connectivity index (χ2v) is 5.13. The molecule has 2 amide bonds. The number of hydrogen-bond donors (Lipinski definition) is 1. The maximum absolute atomic E-state index is 11.5. The number of carbonyl (C=O) groups is 1. The van der Waals surface area contributed by atoms with Gasteiger partial charge in [-0.05, 0) is 24.7 Å². The fraction of sp³-hybridized carbons (Fsp3) is 0.909. The summed E-state index contributed by atoms with van der Waals surface area (Å²) in [5.41, 5.74) is 0.321. The van der Waals surface area contributed by atoms with Gasteiger partial charge in [0.1, 0.15) is 0 Å². The largest absolute Gasteiger partial charge is 0.338 e. The standard InChI is InChI=1S/C11H22N2O/c1-5-12-10(14)13-7-6-9(8-13)11(2,3)4/h9H,5-8H2,1-4H3,(H,12,14). The van der Waals surface area contributed by atoms with Gasteiger partial charge in [0.15, 0.2) is 0 Å². The van der Waals surface area contributed by atoms with Gasteiger partial charge in [-0.1, -0.05) is 20.8 Å². The zero-order valence-electron chi connectivity index (χ0n) is 9.76. The van der Waals surface area contributed by atoms with Crippen LogP contribution in [-0.2, 0) is 0 Å². The number of rotatable bonds is 1. The number of likely N-dealkylation sites (tertiary alicyclic amines) is 1. The molecule has 1 aliphatic heterocycles. The fourth-order valence-electron chi connectivity index (χ4n) is 1.91. The van der Waals surface area contributed by atoms with Gasteiger partial charge < -0.3 is 10.2 Å². The molecule has 3 nitrogen and oxygen atoms in total. The highest BCUT2D eigenvalue weighted by Gasteiger charge is 2.33. The van der Waals surface area contributed by atoms with E-state index in [1.807, 2.05) is 11.8 Å². The quantitative estimate of drug-likeness (QED) is 0.687. The Balaban J connectivity index is 2.45. The van der Waals surface area contributed by atoms with E-state index in [-0.39, 0.29) is 6.03 Å². The lowest BCUT2D eigenvalue weighted by Gasteiger charge is -2.26. The highest BCUT2D eigenvalue weighted by Crippen LogP contribution is 2.33. The Kier molecular flexibility index (Phi) is 3.40. The topological polar surface area (TPSA) is 32.3 Å². The van der Waals surface area contributed by atoms with Crippen molar-refractivity contribution in [3.8, 4) is 0 Å². The van der Waals surface area contributed by atoms with Crippen LogP contribution >= 0.6 is 0 Å². The van der Waals surface area contributed by atoms with Crippen LogP contribution in [0.4, 0.5) is 4.79 Å². The van der Waals surface area contributed by atoms with E-state index >= 15 is 0 Å². The van der Waals surface area contributed by atoms with Crippen LogP contribution < -0.4 is 5.32 Å². The van der Waals surface area contributed by atoms with Crippen molar-refractivity contribution in [1.29, 1.82) is 0 Å². The Morgan fingerprint density at radius 1 is 1.50 bits per heavy atom. The van der Waals surface area contributed by atoms with Crippen LogP contribution in [0.15, 0.2) is 0 Å². The number of carbonyl (C=O) groups excluding carboxylic acids is 1. The first kappa shape index (κ1) is 11.3. The minimum atomic E-state index is 0.0965. The molecule has 0 spiro atoms. The van der Waals surface area contributed by atoms with Gasteiger partial charge in [0.2, 0.25) is 0 Å². The number of amides is 2. The van der Waals surface area contributed by atoms with Crippen LogP contribution in [0.3, 0.4) is 0 Å². The first-order chi connectivity index (χ1) is 6.45. The molecule has 1 unspecified atom stereocenters. The van der Waals surface area contributed by atoms with Crippen LogP contribution in [0, 0.1) is 11.3 Å². The average molecular weight is 198 g/mol. The average Bonchev–Trinajstić information content (AvgIpc) is 2.51. The van der Waals surface area contributed by atoms with Crippen LogP contribution in [0.25, 0.3) is 0 Å². The molecule has 1 saturated heterocycles. The lowest BCUT2D eigenvalue weighted by atomic mass is 9.80. The first-order valence-electron chi connectivity index (χ1n) is 5.48. The summed E-state index contributed by atoms with van der Waals surface area (Å²) >= 11 is 0. The summed E-state index contributed by atoms with van der Waals surface area (Å²) in [5, 5.41) is 2.85. The van der Waals surface area contributed by atoms with Crippen LogP contribution in [-0.4, -0.2) is 30.6 Å². The molecule has 1 N–H and O–H groups in total. The Morgan fingerprint density at radius 3 is 2.57 bits per heavy atom. The van der Waals surface area contributed by atoms with Gasteiger partial charge in [-0.15, -0.1) is 0 Å². The van der Waals surface area contributed by atoms with Crippen LogP contribution in [0.5, 0.6) is 0 Å². The number of urea groups is 1. The molecule has 1 rings (SSSR count). The summed E-state index contributed by atoms with van der Waals surface area (Å²) in [5.74, 6) is 0.644. The molecule has 82 valence electrons. The van der Waals surface area contributed by atoms with Crippen molar-refractivity contribution in [2.75, 3.05) is 19.6 Å². The van der Waals surface area contributed by atoms with Gasteiger partial charge in [0, 0.05) is 19.6 Å². The maximum atomic E-state index is 11.5. The summed E-state index contributed by atoms with van der Waals surface area (Å²) in [7, 11) is 0. The van der Waals surface area contributed by atoms with Crippen molar-refractivity contribution in [3.63, 3.8) is 0 Å². The zero-order chi connectivity index (χ0) is 10.8. The molecule has 1 aliphatic rings. The van der Waals surface area contributed by atoms with E-state index in [0.717, 1.165) is 26.1 Å². The highest BCUT2D eigenvalue weighted by atomic mass is 16.2. The summed E-state index contributed by atoms with van der Waals surface area (Å²) in [4.78, 5) is 13.5. The van der Waals surface area contributed by atoms with Gasteiger partial charge in [0.25, 0.3) is 0 Å². The molecule has 0 bridgehead atoms. The van der Waals surface area contributed by atoms with Crippen molar-refractivity contribution in [2.45, 2.75) is 34.1 Å². The van der Waals surface area contributed by atoms with E-state index in [2.05, 4.69) is 26.1 Å². The van der Waals surface area contributed by atoms with E-state index in [0.29, 0.717) is 11.3 Å². The van der Waals surface area contributed by atoms with Gasteiger partial charge >= 0.3 is 6.03 Å². The third-order valence-electron chi connectivity index (χ3n) is 3.03. The molecule has 0 radical (unpaired) electrons. The van der Waals surface area contributed by atoms with Crippen molar-refractivity contribution >= 4 is 6.03 Å². The van der Waals surface area contributed by atoms with Crippen LogP contribution in [0.1, 0.15) is 34.1 Å². The second kappa shape index (κ2) is 4.20. The molecule has 1 atom stereocenters. The van der Waals surface area contributed by atoms with Gasteiger partial charge in [-0.3, -0.25) is 0 Å². The Morgan fingerprint density at radius 2 is 2.14 bits per heavy atom. The SMILES string of the molecule is CCNC(=O)N1CCC(C(C)(C)C)C1. The van der Waals surface area contributed by atoms with E-state index in [1.165, 1.54) is 0 Å². The molecule has 0 aliphatic carbocycles. The monoisotopic (exact) mass is 198 g/mol. The number of hydrogen-bond acceptors (Lipinski definition) is 1. The molecule has 0 aromatic rings. The van der Waals surface area contributed by atoms with Crippen molar-refractivity contribution in [1.82, 2.24) is 10.2 Å². The lowest BCUT2D eigenvalue weighted by Crippen LogP contribution is -2.39. The van der Waals surface area contributed by atoms with E-state index in [9.17, 15) is 4.79 Å². The van der Waals surface area contributed by atoms with Crippen LogP contribution in [0.2, 0.25) is 0 Å². The normalized spacial score (nSPS) is 22.6. The summed E-state index contributed by atoms with van der Waals surface area (Å²) in [6.45, 7) is 11.2. The predicted molar refractivity (Wildman–Crippen MR) is 58.2 cm³/mol. The van der Waals surface area contributed by atoms with Gasteiger partial charge in [-0.25, -0.2) is 4.79 Å². The second-order valence-electron chi connectivity index (χ2n) is 5.13. The molecular formula is C11H22N2O. The molecule has 1 heterocycles. The van der Waals surface area contributed by atoms with Crippen molar-refractivity contribution in [2.24, 2.45) is 11.3 Å². The third-order valence-corrected chi connectivity index (χ3v) is 3.03. The van der Waals surface area contributed by atoms with Crippen molar-refractivity contribution < 1.29 is 4.79 Å². The Labute approximate surface area is 86.9 Å². The lowest BCUT2D eigenvalue weighted by molar-refractivity contribution is 0.197. The molecule has 0 aromatic heterocycles. The maximum Gasteiger partial charge on any atom is 0.317 e. The molecule has 0 saturated carbocycles.